The van der Waals surface area contributed by atoms with Gasteiger partial charge in [-0.25, -0.2) is 19.5 Å². The van der Waals surface area contributed by atoms with Crippen LogP contribution < -0.4 is 24.8 Å². The Morgan fingerprint density at radius 3 is 2.33 bits per heavy atom. The Balaban J connectivity index is 0.735. The molecule has 23 heteroatoms. The maximum atomic E-state index is 14.3. The number of amides is 5. The molecule has 1 aliphatic carbocycles. The number of aliphatic hydroxyl groups is 1. The molecule has 9 heterocycles. The molecule has 5 aromatic rings. The number of ether oxygens (including phenoxy) is 1. The molecule has 3 saturated heterocycles. The number of phosphoric acid groups is 1. The second-order valence-electron chi connectivity index (χ2n) is 22.4. The van der Waals surface area contributed by atoms with Gasteiger partial charge in [0.25, 0.3) is 23.6 Å². The van der Waals surface area contributed by atoms with Crippen LogP contribution in [-0.2, 0) is 43.7 Å². The molecule has 2 atom stereocenters. The number of anilines is 5. The van der Waals surface area contributed by atoms with E-state index in [1.165, 1.54) is 17.5 Å². The van der Waals surface area contributed by atoms with Gasteiger partial charge in [-0.1, -0.05) is 13.8 Å². The van der Waals surface area contributed by atoms with Crippen LogP contribution in [0.5, 0.6) is 5.88 Å². The van der Waals surface area contributed by atoms with Crippen molar-refractivity contribution >= 4 is 66.1 Å². The summed E-state index contributed by atoms with van der Waals surface area (Å²) in [5, 5.41) is 15.0. The van der Waals surface area contributed by atoms with Crippen molar-refractivity contribution < 1.29 is 56.8 Å². The first-order valence-electron chi connectivity index (χ1n) is 27.7. The van der Waals surface area contributed by atoms with Crippen molar-refractivity contribution in [3.05, 3.63) is 101 Å². The molecule has 410 valence electrons. The molecule has 0 spiro atoms. The van der Waals surface area contributed by atoms with Gasteiger partial charge in [-0.15, -0.1) is 0 Å². The first-order valence-corrected chi connectivity index (χ1v) is 27.7. The summed E-state index contributed by atoms with van der Waals surface area (Å²) in [6, 6.07) is 13.3. The Labute approximate surface area is 455 Å². The van der Waals surface area contributed by atoms with E-state index in [0.29, 0.717) is 71.1 Å². The Morgan fingerprint density at radius 1 is 0.846 bits per heavy atom. The summed E-state index contributed by atoms with van der Waals surface area (Å²) in [7, 11) is -7.85. The fourth-order valence-corrected chi connectivity index (χ4v) is 12.7. The number of piperazine rings is 1. The fourth-order valence-electron chi connectivity index (χ4n) is 12.4. The molecular weight excluding hydrogens is 1020 g/mol. The van der Waals surface area contributed by atoms with Crippen LogP contribution >= 0.6 is 7.82 Å². The average molecular weight is 1090 g/mol. The van der Waals surface area contributed by atoms with Crippen LogP contribution in [-0.4, -0.2) is 150 Å². The van der Waals surface area contributed by atoms with Gasteiger partial charge in [0.05, 0.1) is 39.8 Å². The summed E-state index contributed by atoms with van der Waals surface area (Å²) < 4.78 is 46.9. The molecule has 4 N–H and O–H groups in total. The van der Waals surface area contributed by atoms with E-state index in [4.69, 9.17) is 23.6 Å². The van der Waals surface area contributed by atoms with Crippen LogP contribution in [0.15, 0.2) is 67.1 Å². The Hall–Kier alpha value is -7.07. The highest BCUT2D eigenvalue weighted by Gasteiger charge is 2.48. The third kappa shape index (κ3) is 9.82. The zero-order valence-corrected chi connectivity index (χ0v) is 44.9. The third-order valence-electron chi connectivity index (χ3n) is 16.1. The molecule has 22 nitrogen and oxygen atoms in total. The number of rotatable bonds is 13. The number of methoxy groups -OCH3 is 1. The molecule has 3 fully saturated rings. The topological polar surface area (TPSA) is 257 Å². The summed E-state index contributed by atoms with van der Waals surface area (Å²) in [5.74, 6) is -2.73. The lowest BCUT2D eigenvalue weighted by Gasteiger charge is -2.46. The zero-order valence-electron chi connectivity index (χ0n) is 47.0. The van der Waals surface area contributed by atoms with Gasteiger partial charge in [0.1, 0.15) is 35.8 Å². The van der Waals surface area contributed by atoms with Gasteiger partial charge in [0.15, 0.2) is 0 Å². The Bertz CT molecular complexity index is 3430. The number of aromatic nitrogens is 4. The van der Waals surface area contributed by atoms with Crippen molar-refractivity contribution in [3.8, 4) is 17.0 Å². The summed E-state index contributed by atoms with van der Waals surface area (Å²) in [6.45, 7) is 13.5. The van der Waals surface area contributed by atoms with E-state index in [-0.39, 0.29) is 52.9 Å². The number of likely N-dealkylation sites (tertiary alicyclic amines) is 1. The van der Waals surface area contributed by atoms with Crippen molar-refractivity contribution in [2.75, 3.05) is 73.1 Å². The van der Waals surface area contributed by atoms with Gasteiger partial charge in [-0.2, -0.15) is 0 Å². The minimum atomic E-state index is -5.02. The van der Waals surface area contributed by atoms with E-state index in [1.54, 1.807) is 67.5 Å². The molecule has 5 aliphatic heterocycles. The number of phosphoric ester groups is 1. The molecule has 0 bridgehead atoms. The molecule has 0 saturated carbocycles. The lowest BCUT2D eigenvalue weighted by atomic mass is 9.89. The van der Waals surface area contributed by atoms with Gasteiger partial charge in [0, 0.05) is 99.2 Å². The molecule has 4 aromatic heterocycles. The summed E-state index contributed by atoms with van der Waals surface area (Å²) in [6.07, 6.45) is 7.94. The van der Waals surface area contributed by atoms with Crippen LogP contribution in [0.4, 0.5) is 28.7 Å². The predicted octanol–water partition coefficient (Wildman–Crippen LogP) is 5.46. The van der Waals surface area contributed by atoms with Gasteiger partial charge >= 0.3 is 7.82 Å². The van der Waals surface area contributed by atoms with Crippen LogP contribution in [0.25, 0.3) is 11.1 Å². The number of imide groups is 2. The van der Waals surface area contributed by atoms with Crippen molar-refractivity contribution in [2.24, 2.45) is 5.41 Å². The lowest BCUT2D eigenvalue weighted by Crippen LogP contribution is -2.57. The summed E-state index contributed by atoms with van der Waals surface area (Å²) in [4.78, 5) is 109. The number of fused-ring (bicyclic) bond motifs is 4. The monoisotopic (exact) mass is 1090 g/mol. The molecule has 78 heavy (non-hydrogen) atoms. The number of nitrogens with one attached hydrogen (secondary N) is 1. The second kappa shape index (κ2) is 20.0. The largest absolute Gasteiger partial charge is 0.480 e. The highest BCUT2D eigenvalue weighted by Crippen LogP contribution is 2.44. The maximum Gasteiger partial charge on any atom is 0.471 e. The second-order valence-corrected chi connectivity index (χ2v) is 23.6. The predicted molar refractivity (Wildman–Crippen MR) is 288 cm³/mol. The quantitative estimate of drug-likeness (QED) is 0.0843. The van der Waals surface area contributed by atoms with Crippen molar-refractivity contribution in [2.45, 2.75) is 103 Å². The summed E-state index contributed by atoms with van der Waals surface area (Å²) >= 11 is 0. The van der Waals surface area contributed by atoms with E-state index in [2.05, 4.69) is 59.8 Å². The standard InChI is InChI=1S/C55H64N11O11P/c1-32-30-61(35-14-17-60(18-15-35)36-7-9-39-40(25-36)51(69)66(50(39)68)42-10-12-46(67)65(52(42)70)31-77-78(73,74)75)19-20-62(32)37-8-11-45(57-29-37)59-41-23-34(28-58-49(41)76-6)38-13-16-56-48(47(38)55(4,5)72)64-22-21-63-43(53(64)71)24-33-26-54(2,3)27-44(33)63/h7-9,11,13,16,23-25,28-29,32,35,42,72H,10,12,14-15,17-22,26-27,30-31H2,1-6H3,(H,57,59)(H2,73,74,75)/t32-,42-/m0/s1/i6D3. The normalized spacial score (nSPS) is 21.9. The van der Waals surface area contributed by atoms with E-state index >= 15 is 0 Å². The molecule has 5 amide bonds. The third-order valence-corrected chi connectivity index (χ3v) is 16.5. The number of pyridine rings is 3. The number of hydrogen-bond donors (Lipinski definition) is 4. The van der Waals surface area contributed by atoms with Crippen molar-refractivity contribution in [3.63, 3.8) is 0 Å². The van der Waals surface area contributed by atoms with Gasteiger partial charge in [-0.05, 0) is 118 Å². The maximum absolute atomic E-state index is 14.3. The molecule has 0 unspecified atom stereocenters. The van der Waals surface area contributed by atoms with E-state index in [1.807, 2.05) is 12.1 Å². The van der Waals surface area contributed by atoms with Gasteiger partial charge in [0.2, 0.25) is 11.8 Å². The Morgan fingerprint density at radius 2 is 1.62 bits per heavy atom. The number of hydrogen-bond acceptors (Lipinski definition) is 16. The van der Waals surface area contributed by atoms with Crippen molar-refractivity contribution in [1.82, 2.24) is 34.2 Å². The fraction of sp³-hybridized carbons (Fsp3) is 0.455. The number of piperidine rings is 2. The first-order chi connectivity index (χ1) is 38.2. The molecule has 1 aromatic carbocycles. The smallest absolute Gasteiger partial charge is 0.471 e. The van der Waals surface area contributed by atoms with Crippen molar-refractivity contribution in [1.29, 1.82) is 0 Å². The number of carbonyl (C=O) groups is 5. The number of nitrogens with zero attached hydrogens (tertiary/aromatic N) is 10. The van der Waals surface area contributed by atoms with Crippen LogP contribution in [0, 0.1) is 5.41 Å². The Kier molecular flexibility index (Phi) is 12.6. The van der Waals surface area contributed by atoms with Crippen LogP contribution in [0.3, 0.4) is 0 Å². The SMILES string of the molecule is [2H]C([2H])([2H])Oc1ncc(-c2ccnc(N3CCn4c(cc5c4CC(C)(C)C5)C3=O)c2C(C)(C)O)cc1Nc1ccc(N2CCN(C3CCN(c4ccc5c(c4)C(=O)N([C@H]4CCC(=O)N(COP(=O)(O)O)C4=O)C5=O)CC3)C[C@@H]2C)cn1. The minimum absolute atomic E-state index is 0.120. The van der Waals surface area contributed by atoms with Gasteiger partial charge in [-0.3, -0.25) is 48.1 Å². The van der Waals surface area contributed by atoms with E-state index in [9.17, 15) is 33.6 Å². The van der Waals surface area contributed by atoms with Crippen LogP contribution in [0.2, 0.25) is 0 Å². The van der Waals surface area contributed by atoms with Crippen LogP contribution in [0.1, 0.15) is 112 Å². The average Bonchev–Trinajstić information content (AvgIpc) is 4.05. The highest BCUT2D eigenvalue weighted by atomic mass is 31.2. The van der Waals surface area contributed by atoms with E-state index < -0.39 is 56.9 Å². The highest BCUT2D eigenvalue weighted by molar-refractivity contribution is 7.46. The molecule has 6 aliphatic rings. The molecular formula is C55H64N11O11P. The molecule has 11 rings (SSSR count). The van der Waals surface area contributed by atoms with E-state index in [0.717, 1.165) is 61.6 Å². The minimum Gasteiger partial charge on any atom is -0.480 e. The van der Waals surface area contributed by atoms with Gasteiger partial charge < -0.3 is 39.3 Å². The first kappa shape index (κ1) is 49.2. The summed E-state index contributed by atoms with van der Waals surface area (Å²) in [5.41, 5.74) is 5.21. The lowest BCUT2D eigenvalue weighted by molar-refractivity contribution is -0.155. The zero-order chi connectivity index (χ0) is 57.7. The number of benzene rings is 1. The molecule has 0 radical (unpaired) electrons. The number of carbonyl (C=O) groups excluding carboxylic acids is 5.